The third-order valence-electron chi connectivity index (χ3n) is 3.47. The second-order valence-electron chi connectivity index (χ2n) is 5.07. The number of hydrogen-bond donors (Lipinski definition) is 2. The number of pyridine rings is 1. The molecule has 1 aromatic heterocycles. The van der Waals surface area contributed by atoms with E-state index < -0.39 is 5.97 Å². The molecule has 0 atom stereocenters. The van der Waals surface area contributed by atoms with Crippen molar-refractivity contribution in [1.82, 2.24) is 9.88 Å². The molecule has 2 heterocycles. The summed E-state index contributed by atoms with van der Waals surface area (Å²) in [7, 11) is 1.70. The van der Waals surface area contributed by atoms with Crippen LogP contribution in [-0.4, -0.2) is 53.8 Å². The molecule has 0 aliphatic carbocycles. The van der Waals surface area contributed by atoms with E-state index in [2.05, 4.69) is 10.3 Å². The average molecular weight is 293 g/mol. The summed E-state index contributed by atoms with van der Waals surface area (Å²) < 4.78 is 5.29. The van der Waals surface area contributed by atoms with Gasteiger partial charge in [0, 0.05) is 33.0 Å². The minimum absolute atomic E-state index is 0.162. The highest BCUT2D eigenvalue weighted by atomic mass is 16.5. The number of aromatic nitrogens is 1. The normalized spacial score (nSPS) is 15.5. The third kappa shape index (κ3) is 4.16. The number of aromatic carboxylic acids is 1. The van der Waals surface area contributed by atoms with Crippen LogP contribution in [0, 0.1) is 5.92 Å². The number of carbonyl (C=O) groups excluding carboxylic acids is 1. The fourth-order valence-electron chi connectivity index (χ4n) is 2.29. The summed E-state index contributed by atoms with van der Waals surface area (Å²) in [5, 5.41) is 11.6. The first-order chi connectivity index (χ1) is 10.1. The molecular formula is C14H19N3O4. The van der Waals surface area contributed by atoms with Crippen LogP contribution in [0.4, 0.5) is 10.5 Å². The van der Waals surface area contributed by atoms with Crippen LogP contribution in [-0.2, 0) is 4.74 Å². The van der Waals surface area contributed by atoms with Crippen molar-refractivity contribution in [1.29, 1.82) is 0 Å². The Morgan fingerprint density at radius 3 is 2.86 bits per heavy atom. The van der Waals surface area contributed by atoms with Gasteiger partial charge in [-0.15, -0.1) is 0 Å². The van der Waals surface area contributed by atoms with Crippen LogP contribution in [0.5, 0.6) is 0 Å². The smallest absolute Gasteiger partial charge is 0.356 e. The first-order valence-electron chi connectivity index (χ1n) is 6.86. The standard InChI is InChI=1S/C14H19N3O4/c1-17(9-10-4-7-21-8-5-10)14(20)16-11-3-2-6-15-12(11)13(18)19/h2-3,6,10H,4-5,7-9H2,1H3,(H,16,20)(H,18,19). The minimum Gasteiger partial charge on any atom is -0.476 e. The molecular weight excluding hydrogens is 274 g/mol. The molecule has 1 aliphatic rings. The molecule has 114 valence electrons. The predicted octanol–water partition coefficient (Wildman–Crippen LogP) is 1.67. The average Bonchev–Trinajstić information content (AvgIpc) is 2.48. The van der Waals surface area contributed by atoms with Crippen LogP contribution < -0.4 is 5.32 Å². The Balaban J connectivity index is 1.95. The zero-order valence-corrected chi connectivity index (χ0v) is 11.9. The second-order valence-corrected chi connectivity index (χ2v) is 5.07. The molecule has 0 saturated carbocycles. The van der Waals surface area contributed by atoms with Crippen molar-refractivity contribution >= 4 is 17.7 Å². The van der Waals surface area contributed by atoms with Gasteiger partial charge in [0.25, 0.3) is 0 Å². The van der Waals surface area contributed by atoms with Crippen LogP contribution in [0.2, 0.25) is 0 Å². The SMILES string of the molecule is CN(CC1CCOCC1)C(=O)Nc1cccnc1C(=O)O. The number of anilines is 1. The first-order valence-corrected chi connectivity index (χ1v) is 6.86. The summed E-state index contributed by atoms with van der Waals surface area (Å²) in [6, 6.07) is 2.77. The quantitative estimate of drug-likeness (QED) is 0.881. The Bertz CT molecular complexity index is 515. The fraction of sp³-hybridized carbons (Fsp3) is 0.500. The highest BCUT2D eigenvalue weighted by Gasteiger charge is 2.20. The lowest BCUT2D eigenvalue weighted by Crippen LogP contribution is -2.37. The maximum atomic E-state index is 12.1. The van der Waals surface area contributed by atoms with Crippen molar-refractivity contribution in [3.05, 3.63) is 24.0 Å². The van der Waals surface area contributed by atoms with Gasteiger partial charge in [-0.25, -0.2) is 14.6 Å². The van der Waals surface area contributed by atoms with Crippen molar-refractivity contribution in [3.8, 4) is 0 Å². The van der Waals surface area contributed by atoms with Crippen LogP contribution in [0.1, 0.15) is 23.3 Å². The van der Waals surface area contributed by atoms with Crippen molar-refractivity contribution in [2.45, 2.75) is 12.8 Å². The van der Waals surface area contributed by atoms with E-state index >= 15 is 0 Å². The number of urea groups is 1. The second kappa shape index (κ2) is 7.03. The van der Waals surface area contributed by atoms with E-state index in [9.17, 15) is 9.59 Å². The van der Waals surface area contributed by atoms with E-state index in [-0.39, 0.29) is 17.4 Å². The molecule has 2 rings (SSSR count). The van der Waals surface area contributed by atoms with Crippen molar-refractivity contribution in [2.75, 3.05) is 32.1 Å². The van der Waals surface area contributed by atoms with Crippen LogP contribution in [0.25, 0.3) is 0 Å². The monoisotopic (exact) mass is 293 g/mol. The largest absolute Gasteiger partial charge is 0.476 e. The predicted molar refractivity (Wildman–Crippen MR) is 76.4 cm³/mol. The summed E-state index contributed by atoms with van der Waals surface area (Å²) in [5.41, 5.74) is 0.0409. The van der Waals surface area contributed by atoms with Gasteiger partial charge in [0.1, 0.15) is 0 Å². The molecule has 2 amide bonds. The van der Waals surface area contributed by atoms with Gasteiger partial charge in [-0.2, -0.15) is 0 Å². The van der Waals surface area contributed by atoms with Crippen molar-refractivity contribution < 1.29 is 19.4 Å². The maximum Gasteiger partial charge on any atom is 0.356 e. The van der Waals surface area contributed by atoms with Crippen LogP contribution >= 0.6 is 0 Å². The summed E-state index contributed by atoms with van der Waals surface area (Å²) >= 11 is 0. The number of nitrogens with zero attached hydrogens (tertiary/aromatic N) is 2. The summed E-state index contributed by atoms with van der Waals surface area (Å²) in [6.07, 6.45) is 3.25. The van der Waals surface area contributed by atoms with E-state index in [1.165, 1.54) is 12.3 Å². The fourth-order valence-corrected chi connectivity index (χ4v) is 2.29. The minimum atomic E-state index is -1.17. The van der Waals surface area contributed by atoms with Crippen molar-refractivity contribution in [2.24, 2.45) is 5.92 Å². The van der Waals surface area contributed by atoms with Gasteiger partial charge in [-0.1, -0.05) is 0 Å². The van der Waals surface area contributed by atoms with Crippen LogP contribution in [0.15, 0.2) is 18.3 Å². The molecule has 0 aromatic carbocycles. The Kier molecular flexibility index (Phi) is 5.10. The zero-order valence-electron chi connectivity index (χ0n) is 11.9. The number of amides is 2. The molecule has 1 aliphatic heterocycles. The maximum absolute atomic E-state index is 12.1. The molecule has 2 N–H and O–H groups in total. The zero-order chi connectivity index (χ0) is 15.2. The van der Waals surface area contributed by atoms with E-state index in [1.807, 2.05) is 0 Å². The molecule has 0 unspecified atom stereocenters. The van der Waals surface area contributed by atoms with Gasteiger partial charge < -0.3 is 20.1 Å². The van der Waals surface area contributed by atoms with Gasteiger partial charge >= 0.3 is 12.0 Å². The lowest BCUT2D eigenvalue weighted by atomic mass is 10.00. The highest BCUT2D eigenvalue weighted by Crippen LogP contribution is 2.17. The summed E-state index contributed by atoms with van der Waals surface area (Å²) in [6.45, 7) is 2.08. The van der Waals surface area contributed by atoms with Gasteiger partial charge in [0.05, 0.1) is 5.69 Å². The van der Waals surface area contributed by atoms with E-state index in [0.29, 0.717) is 12.5 Å². The van der Waals surface area contributed by atoms with Gasteiger partial charge in [0.15, 0.2) is 5.69 Å². The van der Waals surface area contributed by atoms with E-state index in [4.69, 9.17) is 9.84 Å². The number of rotatable bonds is 4. The van der Waals surface area contributed by atoms with E-state index in [0.717, 1.165) is 26.1 Å². The number of carboxylic acids is 1. The van der Waals surface area contributed by atoms with Crippen LogP contribution in [0.3, 0.4) is 0 Å². The molecule has 1 fully saturated rings. The molecule has 1 saturated heterocycles. The molecule has 0 radical (unpaired) electrons. The van der Waals surface area contributed by atoms with E-state index in [1.54, 1.807) is 18.0 Å². The first kappa shape index (κ1) is 15.2. The number of carbonyl (C=O) groups is 2. The number of nitrogens with one attached hydrogen (secondary N) is 1. The molecule has 7 nitrogen and oxygen atoms in total. The summed E-state index contributed by atoms with van der Waals surface area (Å²) in [4.78, 5) is 28.5. The number of hydrogen-bond acceptors (Lipinski definition) is 4. The molecule has 21 heavy (non-hydrogen) atoms. The van der Waals surface area contributed by atoms with Gasteiger partial charge in [-0.05, 0) is 30.9 Å². The number of carboxylic acid groups (broad SMARTS) is 1. The summed E-state index contributed by atoms with van der Waals surface area (Å²) in [5.74, 6) is -0.750. The number of ether oxygens (including phenoxy) is 1. The topological polar surface area (TPSA) is 91.8 Å². The van der Waals surface area contributed by atoms with Gasteiger partial charge in [-0.3, -0.25) is 0 Å². The van der Waals surface area contributed by atoms with Gasteiger partial charge in [0.2, 0.25) is 0 Å². The highest BCUT2D eigenvalue weighted by molar-refractivity contribution is 5.98. The Morgan fingerprint density at radius 2 is 2.19 bits per heavy atom. The molecule has 0 bridgehead atoms. The molecule has 1 aromatic rings. The molecule has 7 heteroatoms. The van der Waals surface area contributed by atoms with Crippen molar-refractivity contribution in [3.63, 3.8) is 0 Å². The third-order valence-corrected chi connectivity index (χ3v) is 3.47. The Morgan fingerprint density at radius 1 is 1.48 bits per heavy atom. The lowest BCUT2D eigenvalue weighted by Gasteiger charge is -2.27. The Labute approximate surface area is 122 Å². The lowest BCUT2D eigenvalue weighted by molar-refractivity contribution is 0.0592. The Hall–Kier alpha value is -2.15. The molecule has 0 spiro atoms.